The Labute approximate surface area is 71.1 Å². The van der Waals surface area contributed by atoms with E-state index >= 15 is 0 Å². The highest BCUT2D eigenvalue weighted by atomic mass is 28.3. The summed E-state index contributed by atoms with van der Waals surface area (Å²) in [5.41, 5.74) is 0. The van der Waals surface area contributed by atoms with Crippen molar-refractivity contribution in [2.24, 2.45) is 5.92 Å². The number of hydrogen-bond acceptors (Lipinski definition) is 1. The van der Waals surface area contributed by atoms with Crippen molar-refractivity contribution in [3.63, 3.8) is 0 Å². The number of aliphatic hydroxyl groups is 1. The van der Waals surface area contributed by atoms with E-state index in [0.29, 0.717) is 0 Å². The second kappa shape index (κ2) is 3.54. The van der Waals surface area contributed by atoms with Crippen LogP contribution in [0.2, 0.25) is 19.6 Å². The fraction of sp³-hybridized carbons (Fsp3) is 0.778. The predicted molar refractivity (Wildman–Crippen MR) is 53.3 cm³/mol. The van der Waals surface area contributed by atoms with Crippen LogP contribution >= 0.6 is 0 Å². The lowest BCUT2D eigenvalue weighted by molar-refractivity contribution is 0.155. The lowest BCUT2D eigenvalue weighted by Crippen LogP contribution is -2.31. The van der Waals surface area contributed by atoms with E-state index in [0.717, 1.165) is 0 Å². The first kappa shape index (κ1) is 10.9. The highest BCUT2D eigenvalue weighted by Crippen LogP contribution is 2.23. The molecule has 0 rings (SSSR count). The molecule has 0 heterocycles. The summed E-state index contributed by atoms with van der Waals surface area (Å²) in [6.45, 7) is 14.7. The Morgan fingerprint density at radius 3 is 1.73 bits per heavy atom. The Hall–Kier alpha value is -0.0831. The van der Waals surface area contributed by atoms with Crippen LogP contribution in [-0.2, 0) is 0 Å². The summed E-state index contributed by atoms with van der Waals surface area (Å²) in [6.07, 6.45) is -0.255. The summed E-state index contributed by atoms with van der Waals surface area (Å²) >= 11 is 0. The third-order valence-electron chi connectivity index (χ3n) is 2.24. The van der Waals surface area contributed by atoms with Crippen molar-refractivity contribution in [2.45, 2.75) is 39.6 Å². The van der Waals surface area contributed by atoms with Crippen LogP contribution in [0.5, 0.6) is 0 Å². The van der Waals surface area contributed by atoms with Gasteiger partial charge < -0.3 is 5.11 Å². The topological polar surface area (TPSA) is 20.2 Å². The van der Waals surface area contributed by atoms with Gasteiger partial charge in [-0.2, -0.15) is 0 Å². The second-order valence-electron chi connectivity index (χ2n) is 4.30. The van der Waals surface area contributed by atoms with E-state index in [-0.39, 0.29) is 12.0 Å². The number of rotatable bonds is 3. The van der Waals surface area contributed by atoms with Gasteiger partial charge in [0.2, 0.25) is 0 Å². The molecule has 0 aliphatic rings. The van der Waals surface area contributed by atoms with Gasteiger partial charge in [0.15, 0.2) is 0 Å². The molecule has 0 aromatic heterocycles. The summed E-state index contributed by atoms with van der Waals surface area (Å²) in [5, 5.41) is 10.6. The maximum atomic E-state index is 9.32. The summed E-state index contributed by atoms with van der Waals surface area (Å²) in [5.74, 6) is 0.252. The minimum atomic E-state index is -1.24. The summed E-state index contributed by atoms with van der Waals surface area (Å²) in [4.78, 5) is 0. The number of aliphatic hydroxyl groups excluding tert-OH is 1. The van der Waals surface area contributed by atoms with Crippen LogP contribution in [0.4, 0.5) is 0 Å². The molecule has 0 bridgehead atoms. The fourth-order valence-electron chi connectivity index (χ4n) is 0.974. The fourth-order valence-corrected chi connectivity index (χ4v) is 2.58. The first-order valence-corrected chi connectivity index (χ1v) is 7.64. The third-order valence-corrected chi connectivity index (χ3v) is 4.62. The van der Waals surface area contributed by atoms with Gasteiger partial charge in [0, 0.05) is 0 Å². The molecule has 2 unspecified atom stereocenters. The minimum Gasteiger partial charge on any atom is -0.393 e. The van der Waals surface area contributed by atoms with Crippen LogP contribution in [0, 0.1) is 5.92 Å². The average Bonchev–Trinajstić information content (AvgIpc) is 1.82. The quantitative estimate of drug-likeness (QED) is 0.648. The maximum Gasteiger partial charge on any atom is 0.0721 e. The Bertz CT molecular complexity index is 144. The van der Waals surface area contributed by atoms with Gasteiger partial charge >= 0.3 is 0 Å². The molecule has 0 aromatic carbocycles. The lowest BCUT2D eigenvalue weighted by Gasteiger charge is -2.27. The first-order chi connectivity index (χ1) is 4.76. The molecule has 0 radical (unpaired) electrons. The Balaban J connectivity index is 4.26. The van der Waals surface area contributed by atoms with E-state index in [2.05, 4.69) is 26.2 Å². The van der Waals surface area contributed by atoms with Crippen molar-refractivity contribution >= 4 is 8.07 Å². The first-order valence-electron chi connectivity index (χ1n) is 4.14. The van der Waals surface area contributed by atoms with Crippen molar-refractivity contribution < 1.29 is 5.11 Å². The standard InChI is InChI=1S/C9H20OSi/c1-7(8(2)10)9(3)11(4,5)6/h7-8,10H,3H2,1-2,4-6H3. The van der Waals surface area contributed by atoms with Crippen molar-refractivity contribution in [2.75, 3.05) is 0 Å². The molecule has 0 spiro atoms. The molecule has 0 saturated carbocycles. The molecule has 0 amide bonds. The normalized spacial score (nSPS) is 17.6. The van der Waals surface area contributed by atoms with E-state index < -0.39 is 8.07 Å². The van der Waals surface area contributed by atoms with Gasteiger partial charge in [-0.25, -0.2) is 0 Å². The Morgan fingerprint density at radius 1 is 1.27 bits per heavy atom. The van der Waals surface area contributed by atoms with Crippen molar-refractivity contribution in [1.29, 1.82) is 0 Å². The third kappa shape index (κ3) is 3.21. The van der Waals surface area contributed by atoms with E-state index in [1.807, 2.05) is 13.8 Å². The largest absolute Gasteiger partial charge is 0.393 e. The average molecular weight is 172 g/mol. The van der Waals surface area contributed by atoms with Gasteiger partial charge in [-0.3, -0.25) is 0 Å². The minimum absolute atomic E-state index is 0.252. The zero-order valence-corrected chi connectivity index (χ0v) is 9.31. The molecule has 0 saturated heterocycles. The molecule has 11 heavy (non-hydrogen) atoms. The molecule has 0 aromatic rings. The molecule has 0 aliphatic heterocycles. The van der Waals surface area contributed by atoms with Crippen LogP contribution in [-0.4, -0.2) is 19.3 Å². The zero-order chi connectivity index (χ0) is 9.23. The molecule has 1 nitrogen and oxygen atoms in total. The summed E-state index contributed by atoms with van der Waals surface area (Å²) in [7, 11) is -1.24. The lowest BCUT2D eigenvalue weighted by atomic mass is 10.1. The van der Waals surface area contributed by atoms with Gasteiger partial charge in [-0.15, -0.1) is 6.58 Å². The van der Waals surface area contributed by atoms with Crippen LogP contribution in [0.25, 0.3) is 0 Å². The molecule has 0 fully saturated rings. The van der Waals surface area contributed by atoms with E-state index in [9.17, 15) is 5.11 Å². The van der Waals surface area contributed by atoms with Crippen LogP contribution < -0.4 is 0 Å². The second-order valence-corrected chi connectivity index (χ2v) is 9.45. The molecular weight excluding hydrogens is 152 g/mol. The van der Waals surface area contributed by atoms with Crippen molar-refractivity contribution in [1.82, 2.24) is 0 Å². The highest BCUT2D eigenvalue weighted by Gasteiger charge is 2.24. The monoisotopic (exact) mass is 172 g/mol. The Kier molecular flexibility index (Phi) is 3.52. The van der Waals surface area contributed by atoms with E-state index in [4.69, 9.17) is 0 Å². The van der Waals surface area contributed by atoms with Gasteiger partial charge in [0.1, 0.15) is 0 Å². The summed E-state index contributed by atoms with van der Waals surface area (Å²) in [6, 6.07) is 0. The maximum absolute atomic E-state index is 9.32. The van der Waals surface area contributed by atoms with Crippen molar-refractivity contribution in [3.8, 4) is 0 Å². The van der Waals surface area contributed by atoms with Gasteiger partial charge in [-0.1, -0.05) is 31.8 Å². The van der Waals surface area contributed by atoms with E-state index in [1.54, 1.807) is 0 Å². The van der Waals surface area contributed by atoms with Crippen molar-refractivity contribution in [3.05, 3.63) is 11.8 Å². The summed E-state index contributed by atoms with van der Waals surface area (Å²) < 4.78 is 0. The van der Waals surface area contributed by atoms with Gasteiger partial charge in [0.05, 0.1) is 14.2 Å². The van der Waals surface area contributed by atoms with Crippen LogP contribution in [0.3, 0.4) is 0 Å². The molecular formula is C9H20OSi. The SMILES string of the molecule is C=C(C(C)C(C)O)[Si](C)(C)C. The Morgan fingerprint density at radius 2 is 1.64 bits per heavy atom. The molecule has 0 aliphatic carbocycles. The molecule has 66 valence electrons. The van der Waals surface area contributed by atoms with Gasteiger partial charge in [0.25, 0.3) is 0 Å². The highest BCUT2D eigenvalue weighted by molar-refractivity contribution is 6.83. The smallest absolute Gasteiger partial charge is 0.0721 e. The molecule has 1 N–H and O–H groups in total. The zero-order valence-electron chi connectivity index (χ0n) is 8.31. The number of hydrogen-bond donors (Lipinski definition) is 1. The van der Waals surface area contributed by atoms with Gasteiger partial charge in [-0.05, 0) is 12.8 Å². The van der Waals surface area contributed by atoms with E-state index in [1.165, 1.54) is 5.20 Å². The van der Waals surface area contributed by atoms with Crippen LogP contribution in [0.15, 0.2) is 11.8 Å². The molecule has 2 heteroatoms. The van der Waals surface area contributed by atoms with Crippen LogP contribution in [0.1, 0.15) is 13.8 Å². The predicted octanol–water partition coefficient (Wildman–Crippen LogP) is 2.44. The molecule has 2 atom stereocenters.